The van der Waals surface area contributed by atoms with E-state index in [-0.39, 0.29) is 18.6 Å². The molecule has 5 nitrogen and oxygen atoms in total. The summed E-state index contributed by atoms with van der Waals surface area (Å²) in [6, 6.07) is 19.3. The van der Waals surface area contributed by atoms with Gasteiger partial charge in [0.05, 0.1) is 0 Å². The second-order valence-corrected chi connectivity index (χ2v) is 9.26. The predicted molar refractivity (Wildman–Crippen MR) is 127 cm³/mol. The van der Waals surface area contributed by atoms with Gasteiger partial charge in [-0.2, -0.15) is 0 Å². The minimum Gasteiger partial charge on any atom is -0.479 e. The summed E-state index contributed by atoms with van der Waals surface area (Å²) in [7, 11) is 0. The van der Waals surface area contributed by atoms with Crippen LogP contribution in [-0.4, -0.2) is 34.7 Å². The summed E-state index contributed by atoms with van der Waals surface area (Å²) in [6.45, 7) is 0.124. The predicted octanol–water partition coefficient (Wildman–Crippen LogP) is 6.53. The number of halogens is 2. The van der Waals surface area contributed by atoms with Crippen molar-refractivity contribution in [1.82, 2.24) is 4.90 Å². The Morgan fingerprint density at radius 1 is 0.939 bits per heavy atom. The number of rotatable bonds is 6. The molecule has 1 saturated carbocycles. The Morgan fingerprint density at radius 3 is 2.00 bits per heavy atom. The van der Waals surface area contributed by atoms with Gasteiger partial charge < -0.3 is 9.84 Å². The van der Waals surface area contributed by atoms with Gasteiger partial charge in [-0.1, -0.05) is 71.7 Å². The summed E-state index contributed by atoms with van der Waals surface area (Å²) in [5, 5.41) is 10.6. The maximum atomic E-state index is 13.3. The molecule has 5 rings (SSSR count). The number of fused-ring (bicyclic) bond motifs is 3. The highest BCUT2D eigenvalue weighted by Gasteiger charge is 2.43. The van der Waals surface area contributed by atoms with Crippen LogP contribution in [-0.2, 0) is 9.53 Å². The summed E-state index contributed by atoms with van der Waals surface area (Å²) in [5.41, 5.74) is 4.80. The van der Waals surface area contributed by atoms with Crippen molar-refractivity contribution in [3.8, 4) is 11.1 Å². The van der Waals surface area contributed by atoms with Crippen LogP contribution in [0.3, 0.4) is 0 Å². The first kappa shape index (κ1) is 21.8. The fourth-order valence-electron chi connectivity index (χ4n) is 4.64. The van der Waals surface area contributed by atoms with Gasteiger partial charge in [-0.3, -0.25) is 4.90 Å². The van der Waals surface area contributed by atoms with E-state index in [9.17, 15) is 14.7 Å². The molecule has 33 heavy (non-hydrogen) atoms. The summed E-state index contributed by atoms with van der Waals surface area (Å²) < 4.78 is 5.77. The number of carbonyl (C=O) groups is 2. The van der Waals surface area contributed by atoms with E-state index in [2.05, 4.69) is 12.1 Å². The summed E-state index contributed by atoms with van der Waals surface area (Å²) in [5.74, 6) is -1.26. The zero-order valence-corrected chi connectivity index (χ0v) is 19.1. The molecule has 7 heteroatoms. The van der Waals surface area contributed by atoms with Crippen LogP contribution < -0.4 is 0 Å². The van der Waals surface area contributed by atoms with Gasteiger partial charge >= 0.3 is 12.1 Å². The van der Waals surface area contributed by atoms with Crippen molar-refractivity contribution < 1.29 is 19.4 Å². The number of hydrogen-bond acceptors (Lipinski definition) is 3. The Kier molecular flexibility index (Phi) is 5.77. The molecule has 1 unspecified atom stereocenters. The highest BCUT2D eigenvalue weighted by Crippen LogP contribution is 2.45. The van der Waals surface area contributed by atoms with E-state index in [1.54, 1.807) is 0 Å². The van der Waals surface area contributed by atoms with Gasteiger partial charge in [0, 0.05) is 22.0 Å². The van der Waals surface area contributed by atoms with Crippen LogP contribution in [0.25, 0.3) is 11.1 Å². The van der Waals surface area contributed by atoms with Crippen LogP contribution in [0.15, 0.2) is 66.7 Å². The smallest absolute Gasteiger partial charge is 0.411 e. The molecule has 1 amide bonds. The first-order chi connectivity index (χ1) is 15.9. The second kappa shape index (κ2) is 8.73. The van der Waals surface area contributed by atoms with Crippen LogP contribution in [0.2, 0.25) is 10.0 Å². The lowest BCUT2D eigenvalue weighted by molar-refractivity contribution is -0.143. The van der Waals surface area contributed by atoms with E-state index in [0.29, 0.717) is 15.6 Å². The number of carboxylic acids is 1. The van der Waals surface area contributed by atoms with E-state index in [0.717, 1.165) is 35.1 Å². The zero-order valence-electron chi connectivity index (χ0n) is 17.6. The molecule has 0 heterocycles. The summed E-state index contributed by atoms with van der Waals surface area (Å²) >= 11 is 12.2. The number of carboxylic acid groups (broad SMARTS) is 1. The SMILES string of the molecule is O=C(O)C(c1cc(Cl)cc(Cl)c1)N(C(=O)OCC1c2ccccc2-c2ccccc21)C1CC1. The number of aliphatic carboxylic acids is 1. The molecular formula is C26H21Cl2NO4. The number of amides is 1. The van der Waals surface area contributed by atoms with Gasteiger partial charge in [-0.25, -0.2) is 9.59 Å². The van der Waals surface area contributed by atoms with Crippen LogP contribution >= 0.6 is 23.2 Å². The molecule has 2 aliphatic carbocycles. The van der Waals surface area contributed by atoms with Crippen molar-refractivity contribution >= 4 is 35.3 Å². The molecule has 0 aromatic heterocycles. The number of ether oxygens (including phenoxy) is 1. The van der Waals surface area contributed by atoms with E-state index in [1.165, 1.54) is 23.1 Å². The van der Waals surface area contributed by atoms with E-state index >= 15 is 0 Å². The fraction of sp³-hybridized carbons (Fsp3) is 0.231. The Bertz CT molecular complexity index is 1170. The molecule has 2 aliphatic rings. The molecule has 0 spiro atoms. The number of benzene rings is 3. The lowest BCUT2D eigenvalue weighted by atomic mass is 9.98. The average Bonchev–Trinajstić information content (AvgIpc) is 3.57. The normalized spacial score (nSPS) is 15.5. The lowest BCUT2D eigenvalue weighted by Gasteiger charge is -2.29. The van der Waals surface area contributed by atoms with Crippen LogP contribution in [0.4, 0.5) is 4.79 Å². The maximum Gasteiger partial charge on any atom is 0.411 e. The monoisotopic (exact) mass is 481 g/mol. The molecule has 0 saturated heterocycles. The van der Waals surface area contributed by atoms with Crippen molar-refractivity contribution in [3.63, 3.8) is 0 Å². The van der Waals surface area contributed by atoms with Crippen molar-refractivity contribution in [2.24, 2.45) is 0 Å². The van der Waals surface area contributed by atoms with Gasteiger partial charge in [0.25, 0.3) is 0 Å². The minimum absolute atomic E-state index is 0.105. The zero-order chi connectivity index (χ0) is 23.1. The molecule has 168 valence electrons. The molecule has 0 bridgehead atoms. The number of nitrogens with zero attached hydrogens (tertiary/aromatic N) is 1. The molecule has 0 aliphatic heterocycles. The van der Waals surface area contributed by atoms with Crippen molar-refractivity contribution in [2.75, 3.05) is 6.61 Å². The average molecular weight is 482 g/mol. The van der Waals surface area contributed by atoms with Gasteiger partial charge in [-0.05, 0) is 58.9 Å². The van der Waals surface area contributed by atoms with Gasteiger partial charge in [-0.15, -0.1) is 0 Å². The highest BCUT2D eigenvalue weighted by molar-refractivity contribution is 6.34. The third-order valence-electron chi connectivity index (χ3n) is 6.20. The Labute approximate surface area is 201 Å². The third-order valence-corrected chi connectivity index (χ3v) is 6.64. The molecule has 3 aromatic rings. The topological polar surface area (TPSA) is 66.8 Å². The minimum atomic E-state index is -1.23. The van der Waals surface area contributed by atoms with Crippen LogP contribution in [0, 0.1) is 0 Å². The Balaban J connectivity index is 1.42. The molecule has 0 radical (unpaired) electrons. The number of hydrogen-bond donors (Lipinski definition) is 1. The third kappa shape index (κ3) is 4.19. The van der Waals surface area contributed by atoms with Gasteiger partial charge in [0.2, 0.25) is 0 Å². The van der Waals surface area contributed by atoms with Gasteiger partial charge in [0.1, 0.15) is 6.61 Å². The first-order valence-electron chi connectivity index (χ1n) is 10.8. The van der Waals surface area contributed by atoms with Crippen LogP contribution in [0.1, 0.15) is 41.5 Å². The van der Waals surface area contributed by atoms with Crippen LogP contribution in [0.5, 0.6) is 0 Å². The first-order valence-corrected chi connectivity index (χ1v) is 11.5. The van der Waals surface area contributed by atoms with E-state index in [1.807, 2.05) is 36.4 Å². The number of carbonyl (C=O) groups excluding carboxylic acids is 1. The van der Waals surface area contributed by atoms with Crippen molar-refractivity contribution in [2.45, 2.75) is 30.8 Å². The standard InChI is InChI=1S/C26H21Cl2NO4/c27-16-11-15(12-17(28)13-16)24(25(30)31)29(18-9-10-18)26(32)33-14-23-21-7-3-1-5-19(21)20-6-2-4-8-22(20)23/h1-8,11-13,18,23-24H,9-10,14H2,(H,30,31). The van der Waals surface area contributed by atoms with Crippen molar-refractivity contribution in [1.29, 1.82) is 0 Å². The molecule has 1 N–H and O–H groups in total. The van der Waals surface area contributed by atoms with E-state index in [4.69, 9.17) is 27.9 Å². The molecule has 1 fully saturated rings. The molecule has 1 atom stereocenters. The molecular weight excluding hydrogens is 461 g/mol. The summed E-state index contributed by atoms with van der Waals surface area (Å²) in [6.07, 6.45) is 0.799. The Hall–Kier alpha value is -3.02. The second-order valence-electron chi connectivity index (χ2n) is 8.39. The highest BCUT2D eigenvalue weighted by atomic mass is 35.5. The summed E-state index contributed by atoms with van der Waals surface area (Å²) in [4.78, 5) is 26.8. The van der Waals surface area contributed by atoms with E-state index < -0.39 is 18.1 Å². The molecule has 3 aromatic carbocycles. The van der Waals surface area contributed by atoms with Gasteiger partial charge in [0.15, 0.2) is 6.04 Å². The Morgan fingerprint density at radius 2 is 1.48 bits per heavy atom. The maximum absolute atomic E-state index is 13.3. The van der Waals surface area contributed by atoms with Crippen molar-refractivity contribution in [3.05, 3.63) is 93.5 Å². The quantitative estimate of drug-likeness (QED) is 0.434. The lowest BCUT2D eigenvalue weighted by Crippen LogP contribution is -2.41. The fourth-order valence-corrected chi connectivity index (χ4v) is 5.18. The largest absolute Gasteiger partial charge is 0.479 e.